The lowest BCUT2D eigenvalue weighted by Crippen LogP contribution is -2.18. The fourth-order valence-corrected chi connectivity index (χ4v) is 2.18. The van der Waals surface area contributed by atoms with Crippen molar-refractivity contribution < 1.29 is 14.3 Å². The molecular formula is C19H23N3O3. The second-order valence-corrected chi connectivity index (χ2v) is 5.48. The van der Waals surface area contributed by atoms with Crippen LogP contribution in [0.4, 0.5) is 5.69 Å². The first-order valence-corrected chi connectivity index (χ1v) is 7.96. The van der Waals surface area contributed by atoms with E-state index in [-0.39, 0.29) is 5.91 Å². The molecule has 25 heavy (non-hydrogen) atoms. The molecule has 0 saturated carbocycles. The molecule has 0 aliphatic heterocycles. The number of ether oxygens (including phenoxy) is 2. The van der Waals surface area contributed by atoms with Crippen molar-refractivity contribution in [2.45, 2.75) is 6.92 Å². The highest BCUT2D eigenvalue weighted by molar-refractivity contribution is 5.95. The molecule has 0 aromatic heterocycles. The molecule has 0 fully saturated rings. The van der Waals surface area contributed by atoms with Gasteiger partial charge in [-0.25, -0.2) is 5.43 Å². The van der Waals surface area contributed by atoms with Gasteiger partial charge in [0.05, 0.1) is 19.9 Å². The van der Waals surface area contributed by atoms with Crippen LogP contribution < -0.4 is 19.8 Å². The molecule has 0 radical (unpaired) electrons. The number of hydrogen-bond donors (Lipinski definition) is 1. The average molecular weight is 341 g/mol. The maximum absolute atomic E-state index is 12.1. The van der Waals surface area contributed by atoms with Gasteiger partial charge in [-0.3, -0.25) is 4.79 Å². The largest absolute Gasteiger partial charge is 0.493 e. The molecule has 0 aliphatic carbocycles. The van der Waals surface area contributed by atoms with Crippen LogP contribution >= 0.6 is 0 Å². The van der Waals surface area contributed by atoms with Gasteiger partial charge in [0.2, 0.25) is 0 Å². The summed E-state index contributed by atoms with van der Waals surface area (Å²) in [5.74, 6) is 1.03. The summed E-state index contributed by atoms with van der Waals surface area (Å²) < 4.78 is 10.8. The molecule has 6 nitrogen and oxygen atoms in total. The van der Waals surface area contributed by atoms with E-state index in [4.69, 9.17) is 9.47 Å². The van der Waals surface area contributed by atoms with Crippen LogP contribution in [0.15, 0.2) is 47.6 Å². The zero-order chi connectivity index (χ0) is 18.2. The van der Waals surface area contributed by atoms with Crippen molar-refractivity contribution in [3.05, 3.63) is 53.6 Å². The number of nitrogens with zero attached hydrogens (tertiary/aromatic N) is 2. The molecule has 0 aliphatic rings. The summed E-state index contributed by atoms with van der Waals surface area (Å²) in [6.07, 6.45) is 1.56. The van der Waals surface area contributed by atoms with Gasteiger partial charge in [0.15, 0.2) is 11.5 Å². The highest BCUT2D eigenvalue weighted by Crippen LogP contribution is 2.27. The number of nitrogens with one attached hydrogen (secondary N) is 1. The van der Waals surface area contributed by atoms with Gasteiger partial charge >= 0.3 is 0 Å². The topological polar surface area (TPSA) is 63.2 Å². The van der Waals surface area contributed by atoms with Crippen molar-refractivity contribution in [3.63, 3.8) is 0 Å². The fourth-order valence-electron chi connectivity index (χ4n) is 2.18. The number of hydrazone groups is 1. The smallest absolute Gasteiger partial charge is 0.271 e. The van der Waals surface area contributed by atoms with E-state index in [9.17, 15) is 4.79 Å². The van der Waals surface area contributed by atoms with Crippen molar-refractivity contribution in [1.82, 2.24) is 5.43 Å². The molecule has 0 atom stereocenters. The maximum Gasteiger partial charge on any atom is 0.271 e. The van der Waals surface area contributed by atoms with Crippen molar-refractivity contribution in [1.29, 1.82) is 0 Å². The lowest BCUT2D eigenvalue weighted by molar-refractivity contribution is 0.0955. The number of benzene rings is 2. The van der Waals surface area contributed by atoms with Gasteiger partial charge in [-0.2, -0.15) is 5.10 Å². The zero-order valence-electron chi connectivity index (χ0n) is 14.9. The summed E-state index contributed by atoms with van der Waals surface area (Å²) in [5.41, 5.74) is 4.90. The number of anilines is 1. The minimum Gasteiger partial charge on any atom is -0.493 e. The van der Waals surface area contributed by atoms with Crippen LogP contribution in [0.3, 0.4) is 0 Å². The molecular weight excluding hydrogens is 318 g/mol. The minimum atomic E-state index is -0.264. The van der Waals surface area contributed by atoms with Gasteiger partial charge in [0.25, 0.3) is 5.91 Å². The van der Waals surface area contributed by atoms with E-state index in [2.05, 4.69) is 10.5 Å². The van der Waals surface area contributed by atoms with Crippen LogP contribution in [0.2, 0.25) is 0 Å². The van der Waals surface area contributed by atoms with Crippen molar-refractivity contribution >= 4 is 17.8 Å². The van der Waals surface area contributed by atoms with Gasteiger partial charge in [-0.05, 0) is 55.0 Å². The molecule has 2 aromatic carbocycles. The number of rotatable bonds is 7. The Morgan fingerprint density at radius 2 is 1.88 bits per heavy atom. The van der Waals surface area contributed by atoms with Gasteiger partial charge < -0.3 is 14.4 Å². The average Bonchev–Trinajstić information content (AvgIpc) is 2.62. The third kappa shape index (κ3) is 4.97. The molecule has 2 aromatic rings. The Labute approximate surface area is 148 Å². The van der Waals surface area contributed by atoms with Crippen LogP contribution in [-0.2, 0) is 0 Å². The van der Waals surface area contributed by atoms with E-state index in [1.165, 1.54) is 0 Å². The first-order chi connectivity index (χ1) is 12.0. The van der Waals surface area contributed by atoms with Crippen LogP contribution in [0, 0.1) is 0 Å². The lowest BCUT2D eigenvalue weighted by atomic mass is 10.2. The van der Waals surface area contributed by atoms with Gasteiger partial charge in [-0.1, -0.05) is 0 Å². The lowest BCUT2D eigenvalue weighted by Gasteiger charge is -2.12. The Bertz CT molecular complexity index is 740. The Morgan fingerprint density at radius 1 is 1.16 bits per heavy atom. The number of carbonyl (C=O) groups is 1. The first-order valence-electron chi connectivity index (χ1n) is 7.96. The number of carbonyl (C=O) groups excluding carboxylic acids is 1. The quantitative estimate of drug-likeness (QED) is 0.621. The van der Waals surface area contributed by atoms with E-state index in [0.717, 1.165) is 11.3 Å². The highest BCUT2D eigenvalue weighted by atomic mass is 16.5. The number of hydrogen-bond acceptors (Lipinski definition) is 5. The molecule has 0 bridgehead atoms. The minimum absolute atomic E-state index is 0.264. The van der Waals surface area contributed by atoms with E-state index in [1.54, 1.807) is 31.5 Å². The van der Waals surface area contributed by atoms with Gasteiger partial charge in [-0.15, -0.1) is 0 Å². The number of amides is 1. The van der Waals surface area contributed by atoms with Crippen molar-refractivity contribution in [2.75, 3.05) is 32.7 Å². The standard InChI is InChI=1S/C19H23N3O3/c1-5-25-18-12-14(6-11-17(18)24-4)13-20-21-19(23)15-7-9-16(10-8-15)22(2)3/h6-13H,5H2,1-4H3,(H,21,23). The maximum atomic E-state index is 12.1. The third-order valence-corrected chi connectivity index (χ3v) is 3.51. The Balaban J connectivity index is 2.02. The summed E-state index contributed by atoms with van der Waals surface area (Å²) in [6, 6.07) is 12.7. The Kier molecular flexibility index (Phi) is 6.39. The molecule has 0 heterocycles. The van der Waals surface area contributed by atoms with Gasteiger partial charge in [0, 0.05) is 25.3 Å². The Hall–Kier alpha value is -3.02. The molecule has 132 valence electrons. The summed E-state index contributed by atoms with van der Waals surface area (Å²) >= 11 is 0. The Morgan fingerprint density at radius 3 is 2.48 bits per heavy atom. The highest BCUT2D eigenvalue weighted by Gasteiger charge is 2.06. The predicted octanol–water partition coefficient (Wildman–Crippen LogP) is 2.92. The van der Waals surface area contributed by atoms with E-state index >= 15 is 0 Å². The van der Waals surface area contributed by atoms with Crippen molar-refractivity contribution in [2.24, 2.45) is 5.10 Å². The molecule has 0 unspecified atom stereocenters. The van der Waals surface area contributed by atoms with E-state index < -0.39 is 0 Å². The second kappa shape index (κ2) is 8.73. The van der Waals surface area contributed by atoms with Crippen LogP contribution in [0.25, 0.3) is 0 Å². The first kappa shape index (κ1) is 18.3. The summed E-state index contributed by atoms with van der Waals surface area (Å²) in [5, 5.41) is 4.00. The number of methoxy groups -OCH3 is 1. The summed E-state index contributed by atoms with van der Waals surface area (Å²) in [7, 11) is 5.49. The fraction of sp³-hybridized carbons (Fsp3) is 0.263. The molecule has 1 amide bonds. The van der Waals surface area contributed by atoms with E-state index in [1.807, 2.05) is 50.2 Å². The van der Waals surface area contributed by atoms with Gasteiger partial charge in [0.1, 0.15) is 0 Å². The van der Waals surface area contributed by atoms with Crippen LogP contribution in [-0.4, -0.2) is 39.9 Å². The second-order valence-electron chi connectivity index (χ2n) is 5.48. The molecule has 0 spiro atoms. The summed E-state index contributed by atoms with van der Waals surface area (Å²) in [4.78, 5) is 14.1. The summed E-state index contributed by atoms with van der Waals surface area (Å²) in [6.45, 7) is 2.44. The molecule has 2 rings (SSSR count). The third-order valence-electron chi connectivity index (χ3n) is 3.51. The van der Waals surface area contributed by atoms with Crippen LogP contribution in [0.1, 0.15) is 22.8 Å². The normalized spacial score (nSPS) is 10.6. The molecule has 0 saturated heterocycles. The molecule has 6 heteroatoms. The SMILES string of the molecule is CCOc1cc(C=NNC(=O)c2ccc(N(C)C)cc2)ccc1OC. The zero-order valence-corrected chi connectivity index (χ0v) is 14.9. The molecule has 1 N–H and O–H groups in total. The van der Waals surface area contributed by atoms with Crippen molar-refractivity contribution in [3.8, 4) is 11.5 Å². The monoisotopic (exact) mass is 341 g/mol. The van der Waals surface area contributed by atoms with E-state index in [0.29, 0.717) is 23.7 Å². The van der Waals surface area contributed by atoms with Crippen LogP contribution in [0.5, 0.6) is 11.5 Å². The predicted molar refractivity (Wildman–Crippen MR) is 100.0 cm³/mol.